The fourth-order valence-corrected chi connectivity index (χ4v) is 4.64. The van der Waals surface area contributed by atoms with E-state index in [4.69, 9.17) is 0 Å². The van der Waals surface area contributed by atoms with Gasteiger partial charge in [-0.05, 0) is 66.8 Å². The Morgan fingerprint density at radius 1 is 0.947 bits per heavy atom. The van der Waals surface area contributed by atoms with Gasteiger partial charge in [-0.25, -0.2) is 17.9 Å². The van der Waals surface area contributed by atoms with Crippen LogP contribution in [-0.4, -0.2) is 38.3 Å². The van der Waals surface area contributed by atoms with Gasteiger partial charge < -0.3 is 15.5 Å². The number of halogens is 6. The fourth-order valence-electron chi connectivity index (χ4n) is 4.64. The van der Waals surface area contributed by atoms with Crippen molar-refractivity contribution in [3.63, 3.8) is 0 Å². The first-order chi connectivity index (χ1) is 17.6. The summed E-state index contributed by atoms with van der Waals surface area (Å²) in [4.78, 5) is 0. The number of alkyl halides is 3. The third-order valence-corrected chi connectivity index (χ3v) is 6.49. The summed E-state index contributed by atoms with van der Waals surface area (Å²) in [6, 6.07) is 9.10. The number of aliphatic hydroxyl groups is 1. The van der Waals surface area contributed by atoms with Gasteiger partial charge >= 0.3 is 6.18 Å². The molecule has 38 heavy (non-hydrogen) atoms. The molecular weight excluding hydrogens is 512 g/mol. The van der Waals surface area contributed by atoms with Gasteiger partial charge in [0.15, 0.2) is 11.4 Å². The molecule has 0 aliphatic heterocycles. The van der Waals surface area contributed by atoms with E-state index < -0.39 is 53.4 Å². The number of phenols is 1. The second kappa shape index (κ2) is 9.54. The summed E-state index contributed by atoms with van der Waals surface area (Å²) < 4.78 is 85.4. The van der Waals surface area contributed by atoms with Crippen LogP contribution in [0.5, 0.6) is 5.75 Å². The van der Waals surface area contributed by atoms with E-state index in [0.717, 1.165) is 24.3 Å². The van der Waals surface area contributed by atoms with Gasteiger partial charge in [0, 0.05) is 22.7 Å². The summed E-state index contributed by atoms with van der Waals surface area (Å²) in [7, 11) is 0. The van der Waals surface area contributed by atoms with Gasteiger partial charge in [0.2, 0.25) is 0 Å². The summed E-state index contributed by atoms with van der Waals surface area (Å²) >= 11 is 0. The minimum absolute atomic E-state index is 0.0543. The molecule has 3 aromatic carbocycles. The normalized spacial score (nSPS) is 14.1. The van der Waals surface area contributed by atoms with Gasteiger partial charge in [-0.1, -0.05) is 13.8 Å². The van der Waals surface area contributed by atoms with E-state index in [1.807, 2.05) is 0 Å². The van der Waals surface area contributed by atoms with Crippen LogP contribution in [-0.2, 0) is 5.41 Å². The average molecular weight is 538 g/mol. The van der Waals surface area contributed by atoms with Gasteiger partial charge in [0.1, 0.15) is 23.1 Å². The number of fused-ring (bicyclic) bond motifs is 1. The average Bonchev–Trinajstić information content (AvgIpc) is 3.21. The molecule has 1 atom stereocenters. The number of aryl methyl sites for hydroxylation is 1. The number of aromatic hydroxyl groups is 1. The summed E-state index contributed by atoms with van der Waals surface area (Å²) in [6.45, 7) is 3.42. The summed E-state index contributed by atoms with van der Waals surface area (Å²) in [6.07, 6.45) is -4.67. The highest BCUT2D eigenvalue weighted by molar-refractivity contribution is 5.93. The van der Waals surface area contributed by atoms with Gasteiger partial charge in [-0.3, -0.25) is 0 Å². The molecule has 0 saturated heterocycles. The third-order valence-electron chi connectivity index (χ3n) is 6.49. The van der Waals surface area contributed by atoms with E-state index >= 15 is 0 Å². The monoisotopic (exact) mass is 537 g/mol. The topological polar surface area (TPSA) is 70.3 Å². The second-order valence-electron chi connectivity index (χ2n) is 10.0. The molecule has 0 saturated carbocycles. The van der Waals surface area contributed by atoms with Crippen molar-refractivity contribution in [2.45, 2.75) is 44.4 Å². The van der Waals surface area contributed by atoms with Gasteiger partial charge in [0.05, 0.1) is 18.3 Å². The van der Waals surface area contributed by atoms with Crippen LogP contribution in [0.1, 0.15) is 31.4 Å². The van der Waals surface area contributed by atoms with Crippen LogP contribution in [0.15, 0.2) is 54.7 Å². The van der Waals surface area contributed by atoms with Crippen molar-refractivity contribution < 1.29 is 36.6 Å². The highest BCUT2D eigenvalue weighted by atomic mass is 19.4. The lowest BCUT2D eigenvalue weighted by Gasteiger charge is -2.38. The molecule has 1 aromatic heterocycles. The summed E-state index contributed by atoms with van der Waals surface area (Å²) in [5, 5.41) is 28.2. The molecule has 0 amide bonds. The largest absolute Gasteiger partial charge is 0.508 e. The molecule has 5 nitrogen and oxygen atoms in total. The van der Waals surface area contributed by atoms with Crippen LogP contribution in [0.4, 0.5) is 32.0 Å². The maximum Gasteiger partial charge on any atom is 0.418 e. The Morgan fingerprint density at radius 3 is 2.26 bits per heavy atom. The predicted octanol–water partition coefficient (Wildman–Crippen LogP) is 6.53. The van der Waals surface area contributed by atoms with Crippen molar-refractivity contribution in [1.29, 1.82) is 0 Å². The van der Waals surface area contributed by atoms with E-state index in [1.165, 1.54) is 30.8 Å². The number of rotatable bonds is 7. The van der Waals surface area contributed by atoms with Gasteiger partial charge in [0.25, 0.3) is 0 Å². The SMILES string of the molecule is Cc1cc(NCC(O)(CC(C)(C)c2cc(F)ccc2O)C(F)(F)F)c2cnn(-c3ccc(F)cc3F)c2c1. The maximum absolute atomic E-state index is 14.4. The molecule has 1 unspecified atom stereocenters. The van der Waals surface area contributed by atoms with Crippen LogP contribution in [0.3, 0.4) is 0 Å². The molecule has 1 heterocycles. The molecule has 0 aliphatic rings. The molecule has 4 aromatic rings. The Hall–Kier alpha value is -3.73. The number of hydrogen-bond acceptors (Lipinski definition) is 4. The zero-order valence-corrected chi connectivity index (χ0v) is 20.7. The highest BCUT2D eigenvalue weighted by Crippen LogP contribution is 2.44. The lowest BCUT2D eigenvalue weighted by molar-refractivity contribution is -0.260. The van der Waals surface area contributed by atoms with Crippen molar-refractivity contribution >= 4 is 16.6 Å². The smallest absolute Gasteiger partial charge is 0.418 e. The standard InChI is InChI=1S/C27H25F6N3O2/c1-15-8-21(18-12-35-36(23(18)9-15)22-6-4-17(29)11-20(22)30)34-14-26(38,27(31,32)33)13-25(2,3)19-10-16(28)5-7-24(19)37/h4-12,34,37-38H,13-14H2,1-3H3. The zero-order valence-electron chi connectivity index (χ0n) is 20.7. The Balaban J connectivity index is 1.69. The fraction of sp³-hybridized carbons (Fsp3) is 0.296. The van der Waals surface area contributed by atoms with Crippen molar-refractivity contribution in [2.75, 3.05) is 11.9 Å². The first-order valence-electron chi connectivity index (χ1n) is 11.6. The number of nitrogens with one attached hydrogen (secondary N) is 1. The molecule has 3 N–H and O–H groups in total. The Bertz CT molecular complexity index is 1500. The summed E-state index contributed by atoms with van der Waals surface area (Å²) in [5.41, 5.74) is -3.76. The number of phenolic OH excluding ortho intramolecular Hbond substituents is 1. The molecule has 11 heteroatoms. The lowest BCUT2D eigenvalue weighted by atomic mass is 9.74. The van der Waals surface area contributed by atoms with Crippen molar-refractivity contribution in [1.82, 2.24) is 9.78 Å². The van der Waals surface area contributed by atoms with Gasteiger partial charge in [-0.2, -0.15) is 18.3 Å². The van der Waals surface area contributed by atoms with E-state index in [0.29, 0.717) is 22.5 Å². The Labute approximate surface area is 214 Å². The lowest BCUT2D eigenvalue weighted by Crippen LogP contribution is -2.53. The van der Waals surface area contributed by atoms with Crippen molar-refractivity contribution in [2.24, 2.45) is 0 Å². The van der Waals surface area contributed by atoms with E-state index in [-0.39, 0.29) is 16.9 Å². The van der Waals surface area contributed by atoms with Crippen LogP contribution in [0, 0.1) is 24.4 Å². The van der Waals surface area contributed by atoms with Crippen LogP contribution in [0.25, 0.3) is 16.6 Å². The molecule has 202 valence electrons. The second-order valence-corrected chi connectivity index (χ2v) is 10.0. The number of anilines is 1. The third kappa shape index (κ3) is 5.15. The maximum atomic E-state index is 14.4. The molecule has 4 rings (SSSR count). The minimum atomic E-state index is -5.09. The van der Waals surface area contributed by atoms with Gasteiger partial charge in [-0.15, -0.1) is 0 Å². The van der Waals surface area contributed by atoms with E-state index in [1.54, 1.807) is 19.1 Å². The van der Waals surface area contributed by atoms with Crippen LogP contribution in [0.2, 0.25) is 0 Å². The van der Waals surface area contributed by atoms with Crippen molar-refractivity contribution in [3.8, 4) is 11.4 Å². The number of nitrogens with zero attached hydrogens (tertiary/aromatic N) is 2. The Kier molecular flexibility index (Phi) is 6.85. The van der Waals surface area contributed by atoms with E-state index in [9.17, 15) is 36.6 Å². The van der Waals surface area contributed by atoms with E-state index in [2.05, 4.69) is 10.4 Å². The predicted molar refractivity (Wildman–Crippen MR) is 131 cm³/mol. The first kappa shape index (κ1) is 27.3. The molecule has 0 radical (unpaired) electrons. The number of benzene rings is 3. The van der Waals surface area contributed by atoms with Crippen LogP contribution >= 0.6 is 0 Å². The number of hydrogen-bond donors (Lipinski definition) is 3. The quantitative estimate of drug-likeness (QED) is 0.235. The molecule has 0 bridgehead atoms. The Morgan fingerprint density at radius 2 is 1.61 bits per heavy atom. The minimum Gasteiger partial charge on any atom is -0.508 e. The summed E-state index contributed by atoms with van der Waals surface area (Å²) in [5.74, 6) is -2.78. The molecule has 0 fully saturated rings. The molecule has 0 spiro atoms. The van der Waals surface area contributed by atoms with Crippen LogP contribution < -0.4 is 5.32 Å². The zero-order chi connectivity index (χ0) is 28.0. The highest BCUT2D eigenvalue weighted by Gasteiger charge is 2.56. The van der Waals surface area contributed by atoms with Crippen molar-refractivity contribution in [3.05, 3.63) is 83.3 Å². The number of aromatic nitrogens is 2. The first-order valence-corrected chi connectivity index (χ1v) is 11.6. The molecular formula is C27H25F6N3O2. The molecule has 0 aliphatic carbocycles.